The molecule has 0 aromatic heterocycles. The summed E-state index contributed by atoms with van der Waals surface area (Å²) < 4.78 is 0. The topological polar surface area (TPSA) is 0 Å². The molecule has 0 aliphatic carbocycles. The Morgan fingerprint density at radius 3 is 2.46 bits per heavy atom. The van der Waals surface area contributed by atoms with Crippen LogP contribution in [-0.4, -0.2) is 0 Å². The fourth-order valence-electron chi connectivity index (χ4n) is 1.37. The van der Waals surface area contributed by atoms with Crippen molar-refractivity contribution < 1.29 is 0 Å². The molecule has 0 spiro atoms. The molecule has 0 N–H and O–H groups in total. The maximum atomic E-state index is 3.72. The normalized spacial score (nSPS) is 9.92. The van der Waals surface area contributed by atoms with Crippen LogP contribution in [0.15, 0.2) is 36.9 Å². The van der Waals surface area contributed by atoms with Crippen molar-refractivity contribution in [3.8, 4) is 0 Å². The van der Waals surface area contributed by atoms with Crippen molar-refractivity contribution in [1.82, 2.24) is 0 Å². The monoisotopic (exact) mass is 174 g/mol. The summed E-state index contributed by atoms with van der Waals surface area (Å²) in [6.07, 6.45) is 6.88. The Kier molecular flexibility index (Phi) is 4.31. The molecule has 0 radical (unpaired) electrons. The van der Waals surface area contributed by atoms with Crippen LogP contribution < -0.4 is 0 Å². The molecular formula is C13H18. The smallest absolute Gasteiger partial charge is 0.0279 e. The first-order valence-electron chi connectivity index (χ1n) is 4.99. The lowest BCUT2D eigenvalue weighted by Crippen LogP contribution is -1.85. The molecule has 70 valence electrons. The van der Waals surface area contributed by atoms with Crippen LogP contribution in [0.4, 0.5) is 0 Å². The third-order valence-electron chi connectivity index (χ3n) is 2.24. The van der Waals surface area contributed by atoms with E-state index in [9.17, 15) is 0 Å². The molecule has 1 rings (SSSR count). The highest BCUT2D eigenvalue weighted by atomic mass is 14.0. The van der Waals surface area contributed by atoms with Gasteiger partial charge in [-0.3, -0.25) is 0 Å². The summed E-state index contributed by atoms with van der Waals surface area (Å²) in [5.41, 5.74) is 2.80. The molecule has 0 saturated carbocycles. The van der Waals surface area contributed by atoms with Gasteiger partial charge < -0.3 is 0 Å². The van der Waals surface area contributed by atoms with Gasteiger partial charge in [-0.15, -0.1) is 6.58 Å². The van der Waals surface area contributed by atoms with Gasteiger partial charge in [0.05, 0.1) is 0 Å². The quantitative estimate of drug-likeness (QED) is 0.469. The molecule has 0 aliphatic heterocycles. The maximum absolute atomic E-state index is 3.72. The van der Waals surface area contributed by atoms with Crippen molar-refractivity contribution in [3.63, 3.8) is 0 Å². The molecule has 0 atom stereocenters. The standard InChI is InChI=1S/C13H18/c1-3-4-5-6-7-13-10-8-12(2)9-11-13/h3,8-11H,1,4-7H2,2H3. The summed E-state index contributed by atoms with van der Waals surface area (Å²) in [5.74, 6) is 0. The highest BCUT2D eigenvalue weighted by molar-refractivity contribution is 5.21. The van der Waals surface area contributed by atoms with E-state index < -0.39 is 0 Å². The average Bonchev–Trinajstić information content (AvgIpc) is 2.15. The first-order chi connectivity index (χ1) is 6.33. The second-order valence-electron chi connectivity index (χ2n) is 3.52. The van der Waals surface area contributed by atoms with E-state index in [-0.39, 0.29) is 0 Å². The van der Waals surface area contributed by atoms with Gasteiger partial charge in [0.15, 0.2) is 0 Å². The Bertz CT molecular complexity index is 243. The van der Waals surface area contributed by atoms with Crippen LogP contribution in [0.1, 0.15) is 30.4 Å². The van der Waals surface area contributed by atoms with E-state index in [0.717, 1.165) is 6.42 Å². The zero-order valence-corrected chi connectivity index (χ0v) is 8.42. The Labute approximate surface area is 81.3 Å². The summed E-state index contributed by atoms with van der Waals surface area (Å²) in [7, 11) is 0. The van der Waals surface area contributed by atoms with Crippen molar-refractivity contribution in [1.29, 1.82) is 0 Å². The summed E-state index contributed by atoms with van der Waals surface area (Å²) in [5, 5.41) is 0. The second kappa shape index (κ2) is 5.58. The highest BCUT2D eigenvalue weighted by Gasteiger charge is 1.91. The minimum absolute atomic E-state index is 1.14. The van der Waals surface area contributed by atoms with Crippen molar-refractivity contribution in [2.45, 2.75) is 32.6 Å². The lowest BCUT2D eigenvalue weighted by molar-refractivity contribution is 0.748. The van der Waals surface area contributed by atoms with Gasteiger partial charge in [0.2, 0.25) is 0 Å². The molecule has 0 heterocycles. The van der Waals surface area contributed by atoms with Gasteiger partial charge >= 0.3 is 0 Å². The minimum Gasteiger partial charge on any atom is -0.103 e. The number of benzene rings is 1. The Hall–Kier alpha value is -1.04. The Morgan fingerprint density at radius 2 is 1.85 bits per heavy atom. The van der Waals surface area contributed by atoms with Gasteiger partial charge in [-0.2, -0.15) is 0 Å². The number of hydrogen-bond acceptors (Lipinski definition) is 0. The third-order valence-corrected chi connectivity index (χ3v) is 2.24. The molecule has 0 fully saturated rings. The highest BCUT2D eigenvalue weighted by Crippen LogP contribution is 2.08. The molecule has 0 nitrogen and oxygen atoms in total. The summed E-state index contributed by atoms with van der Waals surface area (Å²) in [6, 6.07) is 8.82. The molecule has 0 unspecified atom stereocenters. The van der Waals surface area contributed by atoms with Crippen molar-refractivity contribution in [2.75, 3.05) is 0 Å². The largest absolute Gasteiger partial charge is 0.103 e. The molecular weight excluding hydrogens is 156 g/mol. The molecule has 0 bridgehead atoms. The molecule has 0 amide bonds. The van der Waals surface area contributed by atoms with Crippen LogP contribution in [0.2, 0.25) is 0 Å². The predicted octanol–water partition coefficient (Wildman–Crippen LogP) is 3.89. The van der Waals surface area contributed by atoms with Gasteiger partial charge in [-0.05, 0) is 38.2 Å². The molecule has 0 heteroatoms. The fraction of sp³-hybridized carbons (Fsp3) is 0.385. The molecule has 1 aromatic carbocycles. The van der Waals surface area contributed by atoms with E-state index in [0.29, 0.717) is 0 Å². The van der Waals surface area contributed by atoms with Crippen molar-refractivity contribution in [2.24, 2.45) is 0 Å². The van der Waals surface area contributed by atoms with E-state index >= 15 is 0 Å². The van der Waals surface area contributed by atoms with E-state index in [1.165, 1.54) is 30.4 Å². The predicted molar refractivity (Wildman–Crippen MR) is 58.9 cm³/mol. The zero-order chi connectivity index (χ0) is 9.52. The average molecular weight is 174 g/mol. The van der Waals surface area contributed by atoms with Crippen LogP contribution in [0.25, 0.3) is 0 Å². The number of aryl methyl sites for hydroxylation is 2. The Balaban J connectivity index is 2.28. The first kappa shape index (κ1) is 10.0. The first-order valence-corrected chi connectivity index (χ1v) is 4.99. The number of allylic oxidation sites excluding steroid dienone is 1. The van der Waals surface area contributed by atoms with E-state index in [2.05, 4.69) is 37.8 Å². The van der Waals surface area contributed by atoms with Crippen LogP contribution in [0, 0.1) is 6.92 Å². The summed E-state index contributed by atoms with van der Waals surface area (Å²) in [6.45, 7) is 5.84. The van der Waals surface area contributed by atoms with Gasteiger partial charge in [0.25, 0.3) is 0 Å². The third kappa shape index (κ3) is 3.93. The van der Waals surface area contributed by atoms with Gasteiger partial charge in [0.1, 0.15) is 0 Å². The van der Waals surface area contributed by atoms with Crippen molar-refractivity contribution in [3.05, 3.63) is 48.0 Å². The van der Waals surface area contributed by atoms with Crippen LogP contribution in [-0.2, 0) is 6.42 Å². The Morgan fingerprint density at radius 1 is 1.15 bits per heavy atom. The lowest BCUT2D eigenvalue weighted by Gasteiger charge is -2.00. The number of hydrogen-bond donors (Lipinski definition) is 0. The van der Waals surface area contributed by atoms with E-state index in [4.69, 9.17) is 0 Å². The van der Waals surface area contributed by atoms with E-state index in [1.807, 2.05) is 6.08 Å². The number of unbranched alkanes of at least 4 members (excludes halogenated alkanes) is 2. The maximum Gasteiger partial charge on any atom is -0.0279 e. The molecule has 13 heavy (non-hydrogen) atoms. The van der Waals surface area contributed by atoms with Crippen LogP contribution in [0.3, 0.4) is 0 Å². The zero-order valence-electron chi connectivity index (χ0n) is 8.42. The summed E-state index contributed by atoms with van der Waals surface area (Å²) in [4.78, 5) is 0. The van der Waals surface area contributed by atoms with E-state index in [1.54, 1.807) is 0 Å². The number of rotatable bonds is 5. The fourth-order valence-corrected chi connectivity index (χ4v) is 1.37. The SMILES string of the molecule is C=CCCCCc1ccc(C)cc1. The minimum atomic E-state index is 1.14. The molecule has 0 aliphatic rings. The second-order valence-corrected chi connectivity index (χ2v) is 3.52. The molecule has 1 aromatic rings. The van der Waals surface area contributed by atoms with Crippen LogP contribution >= 0.6 is 0 Å². The lowest BCUT2D eigenvalue weighted by atomic mass is 10.1. The summed E-state index contributed by atoms with van der Waals surface area (Å²) >= 11 is 0. The van der Waals surface area contributed by atoms with Gasteiger partial charge in [-0.25, -0.2) is 0 Å². The molecule has 0 saturated heterocycles. The van der Waals surface area contributed by atoms with Crippen LogP contribution in [0.5, 0.6) is 0 Å². The van der Waals surface area contributed by atoms with Gasteiger partial charge in [0, 0.05) is 0 Å². The van der Waals surface area contributed by atoms with Crippen molar-refractivity contribution >= 4 is 0 Å². The van der Waals surface area contributed by atoms with Gasteiger partial charge in [-0.1, -0.05) is 35.9 Å².